The minimum absolute atomic E-state index is 0.819. The molecule has 4 nitrogen and oxygen atoms in total. The highest BCUT2D eigenvalue weighted by Crippen LogP contribution is 2.12. The Balaban J connectivity index is 1.98. The molecule has 1 N–H and O–H groups in total. The third kappa shape index (κ3) is 3.40. The van der Waals surface area contributed by atoms with Crippen molar-refractivity contribution in [1.82, 2.24) is 19.9 Å². The van der Waals surface area contributed by atoms with Gasteiger partial charge in [-0.15, -0.1) is 11.3 Å². The van der Waals surface area contributed by atoms with Gasteiger partial charge in [0.25, 0.3) is 0 Å². The second-order valence-electron chi connectivity index (χ2n) is 4.23. The number of imidazole rings is 1. The quantitative estimate of drug-likeness (QED) is 0.781. The van der Waals surface area contributed by atoms with Crippen LogP contribution in [-0.4, -0.2) is 21.1 Å². The van der Waals surface area contributed by atoms with Crippen molar-refractivity contribution in [1.29, 1.82) is 0 Å². The summed E-state index contributed by atoms with van der Waals surface area (Å²) in [6.45, 7) is 6.98. The Hall–Kier alpha value is -1.20. The maximum absolute atomic E-state index is 4.59. The molecular weight excluding hydrogens is 244 g/mol. The lowest BCUT2D eigenvalue weighted by atomic mass is 10.4. The van der Waals surface area contributed by atoms with Crippen LogP contribution in [0.25, 0.3) is 0 Å². The molecule has 0 unspecified atom stereocenters. The molecule has 18 heavy (non-hydrogen) atoms. The molecule has 0 saturated carbocycles. The molecule has 0 aromatic carbocycles. The van der Waals surface area contributed by atoms with Crippen molar-refractivity contribution in [3.63, 3.8) is 0 Å². The largest absolute Gasteiger partial charge is 0.328 e. The predicted octanol–water partition coefficient (Wildman–Crippen LogP) is 2.45. The van der Waals surface area contributed by atoms with Gasteiger partial charge in [0.1, 0.15) is 5.82 Å². The number of hydrogen-bond acceptors (Lipinski definition) is 4. The first-order valence-corrected chi connectivity index (χ1v) is 7.35. The number of hydrogen-bond donors (Lipinski definition) is 1. The summed E-state index contributed by atoms with van der Waals surface area (Å²) in [6, 6.07) is 0. The lowest BCUT2D eigenvalue weighted by Gasteiger charge is -2.06. The average molecular weight is 264 g/mol. The highest BCUT2D eigenvalue weighted by molar-refractivity contribution is 7.09. The van der Waals surface area contributed by atoms with E-state index in [0.29, 0.717) is 0 Å². The molecule has 2 heterocycles. The van der Waals surface area contributed by atoms with Gasteiger partial charge in [-0.3, -0.25) is 0 Å². The molecule has 0 fully saturated rings. The van der Waals surface area contributed by atoms with Crippen molar-refractivity contribution in [2.24, 2.45) is 0 Å². The first-order valence-electron chi connectivity index (χ1n) is 6.47. The van der Waals surface area contributed by atoms with Gasteiger partial charge in [-0.25, -0.2) is 9.97 Å². The SMILES string of the molecule is CCCNCc1nccn1Cc1csc(CC)n1. The smallest absolute Gasteiger partial charge is 0.123 e. The molecule has 2 aromatic heterocycles. The van der Waals surface area contributed by atoms with E-state index in [0.717, 1.165) is 44.0 Å². The fraction of sp³-hybridized carbons (Fsp3) is 0.538. The summed E-state index contributed by atoms with van der Waals surface area (Å²) in [7, 11) is 0. The van der Waals surface area contributed by atoms with E-state index in [1.807, 2.05) is 12.4 Å². The first-order chi connectivity index (χ1) is 8.83. The minimum Gasteiger partial charge on any atom is -0.328 e. The summed E-state index contributed by atoms with van der Waals surface area (Å²) in [6.07, 6.45) is 6.04. The van der Waals surface area contributed by atoms with E-state index < -0.39 is 0 Å². The highest BCUT2D eigenvalue weighted by Gasteiger charge is 2.05. The number of thiazole rings is 1. The fourth-order valence-corrected chi connectivity index (χ4v) is 2.52. The van der Waals surface area contributed by atoms with Crippen molar-refractivity contribution < 1.29 is 0 Å². The lowest BCUT2D eigenvalue weighted by molar-refractivity contribution is 0.612. The third-order valence-electron chi connectivity index (χ3n) is 2.75. The molecule has 0 radical (unpaired) electrons. The van der Waals surface area contributed by atoms with Gasteiger partial charge in [-0.1, -0.05) is 13.8 Å². The molecule has 2 aromatic rings. The van der Waals surface area contributed by atoms with Gasteiger partial charge in [0.15, 0.2) is 0 Å². The Labute approximate surface area is 112 Å². The maximum Gasteiger partial charge on any atom is 0.123 e. The second-order valence-corrected chi connectivity index (χ2v) is 5.18. The molecule has 0 atom stereocenters. The van der Waals surface area contributed by atoms with Crippen LogP contribution in [0, 0.1) is 0 Å². The van der Waals surface area contributed by atoms with Gasteiger partial charge in [-0.2, -0.15) is 0 Å². The topological polar surface area (TPSA) is 42.7 Å². The Morgan fingerprint density at radius 1 is 1.39 bits per heavy atom. The van der Waals surface area contributed by atoms with Gasteiger partial charge in [0.2, 0.25) is 0 Å². The van der Waals surface area contributed by atoms with Crippen LogP contribution in [-0.2, 0) is 19.5 Å². The van der Waals surface area contributed by atoms with Gasteiger partial charge in [0, 0.05) is 17.8 Å². The van der Waals surface area contributed by atoms with Crippen LogP contribution in [0.15, 0.2) is 17.8 Å². The number of rotatable bonds is 7. The van der Waals surface area contributed by atoms with E-state index in [2.05, 4.69) is 39.1 Å². The number of nitrogens with one attached hydrogen (secondary N) is 1. The third-order valence-corrected chi connectivity index (χ3v) is 3.79. The zero-order valence-electron chi connectivity index (χ0n) is 11.0. The Morgan fingerprint density at radius 2 is 2.28 bits per heavy atom. The molecule has 5 heteroatoms. The Kier molecular flexibility index (Phi) is 4.90. The van der Waals surface area contributed by atoms with Crippen LogP contribution in [0.4, 0.5) is 0 Å². The normalized spacial score (nSPS) is 11.0. The molecule has 2 rings (SSSR count). The zero-order chi connectivity index (χ0) is 12.8. The van der Waals surface area contributed by atoms with Crippen molar-refractivity contribution in [3.05, 3.63) is 34.3 Å². The van der Waals surface area contributed by atoms with Gasteiger partial charge in [-0.05, 0) is 19.4 Å². The number of aromatic nitrogens is 3. The van der Waals surface area contributed by atoms with Crippen molar-refractivity contribution >= 4 is 11.3 Å². The maximum atomic E-state index is 4.59. The second kappa shape index (κ2) is 6.66. The Bertz CT molecular complexity index is 475. The number of nitrogens with zero attached hydrogens (tertiary/aromatic N) is 3. The molecule has 0 aliphatic carbocycles. The molecule has 0 aliphatic heterocycles. The van der Waals surface area contributed by atoms with Gasteiger partial charge >= 0.3 is 0 Å². The summed E-state index contributed by atoms with van der Waals surface area (Å²) >= 11 is 1.74. The Morgan fingerprint density at radius 3 is 3.00 bits per heavy atom. The molecule has 0 bridgehead atoms. The summed E-state index contributed by atoms with van der Waals surface area (Å²) in [5.41, 5.74) is 1.13. The van der Waals surface area contributed by atoms with E-state index >= 15 is 0 Å². The van der Waals surface area contributed by atoms with Gasteiger partial charge < -0.3 is 9.88 Å². The van der Waals surface area contributed by atoms with Gasteiger partial charge in [0.05, 0.1) is 23.8 Å². The fourth-order valence-electron chi connectivity index (χ4n) is 1.79. The van der Waals surface area contributed by atoms with E-state index in [-0.39, 0.29) is 0 Å². The first kappa shape index (κ1) is 13.2. The highest BCUT2D eigenvalue weighted by atomic mass is 32.1. The van der Waals surface area contributed by atoms with Crippen LogP contribution in [0.2, 0.25) is 0 Å². The zero-order valence-corrected chi connectivity index (χ0v) is 11.8. The van der Waals surface area contributed by atoms with E-state index in [1.54, 1.807) is 11.3 Å². The molecule has 0 amide bonds. The van der Waals surface area contributed by atoms with Crippen LogP contribution in [0.1, 0.15) is 36.8 Å². The monoisotopic (exact) mass is 264 g/mol. The minimum atomic E-state index is 0.819. The van der Waals surface area contributed by atoms with Crippen LogP contribution in [0.3, 0.4) is 0 Å². The van der Waals surface area contributed by atoms with E-state index in [1.165, 1.54) is 5.01 Å². The van der Waals surface area contributed by atoms with Crippen molar-refractivity contribution in [2.45, 2.75) is 39.8 Å². The van der Waals surface area contributed by atoms with Crippen molar-refractivity contribution in [2.75, 3.05) is 6.54 Å². The summed E-state index contributed by atoms with van der Waals surface area (Å²) in [5.74, 6) is 1.08. The van der Waals surface area contributed by atoms with Crippen LogP contribution >= 0.6 is 11.3 Å². The predicted molar refractivity (Wildman–Crippen MR) is 74.8 cm³/mol. The molecular formula is C13H20N4S. The summed E-state index contributed by atoms with van der Waals surface area (Å²) in [4.78, 5) is 8.98. The summed E-state index contributed by atoms with van der Waals surface area (Å²) < 4.78 is 2.16. The molecule has 98 valence electrons. The molecule has 0 aliphatic rings. The van der Waals surface area contributed by atoms with E-state index in [4.69, 9.17) is 0 Å². The van der Waals surface area contributed by atoms with Crippen LogP contribution < -0.4 is 5.32 Å². The van der Waals surface area contributed by atoms with Crippen LogP contribution in [0.5, 0.6) is 0 Å². The number of aryl methyl sites for hydroxylation is 1. The van der Waals surface area contributed by atoms with E-state index in [9.17, 15) is 0 Å². The average Bonchev–Trinajstić information content (AvgIpc) is 3.00. The summed E-state index contributed by atoms with van der Waals surface area (Å²) in [5, 5.41) is 6.72. The lowest BCUT2D eigenvalue weighted by Crippen LogP contribution is -2.18. The molecule has 0 saturated heterocycles. The standard InChI is InChI=1S/C13H20N4S/c1-3-5-14-8-12-15-6-7-17(12)9-11-10-18-13(4-2)16-11/h6-7,10,14H,3-5,8-9H2,1-2H3. The molecule has 0 spiro atoms. The van der Waals surface area contributed by atoms with Crippen molar-refractivity contribution in [3.8, 4) is 0 Å².